The average molecular weight is 476 g/mol. The third-order valence-electron chi connectivity index (χ3n) is 5.37. The van der Waals surface area contributed by atoms with Gasteiger partial charge in [-0.25, -0.2) is 9.07 Å². The number of benzene rings is 3. The Morgan fingerprint density at radius 3 is 2.62 bits per heavy atom. The SMILES string of the molecule is Cc1cc2oc(-c3ccc(F)cc3)c(OCc3cn(Cc4ccccc4)nn3)c(=O)c2cc1Cl. The molecule has 5 rings (SSSR count). The third-order valence-corrected chi connectivity index (χ3v) is 5.78. The minimum absolute atomic E-state index is 0.00115. The van der Waals surface area contributed by atoms with E-state index in [-0.39, 0.29) is 23.5 Å². The Kier molecular flexibility index (Phi) is 5.86. The number of rotatable bonds is 6. The molecule has 3 aromatic carbocycles. The molecule has 0 N–H and O–H groups in total. The molecule has 0 aliphatic carbocycles. The molecule has 0 amide bonds. The number of aromatic nitrogens is 3. The van der Waals surface area contributed by atoms with Crippen molar-refractivity contribution in [2.75, 3.05) is 0 Å². The zero-order valence-corrected chi connectivity index (χ0v) is 18.9. The lowest BCUT2D eigenvalue weighted by Crippen LogP contribution is -2.10. The lowest BCUT2D eigenvalue weighted by atomic mass is 10.1. The molecular weight excluding hydrogens is 457 g/mol. The van der Waals surface area contributed by atoms with Crippen molar-refractivity contribution in [3.8, 4) is 17.1 Å². The molecule has 6 nitrogen and oxygen atoms in total. The lowest BCUT2D eigenvalue weighted by Gasteiger charge is -2.12. The maximum Gasteiger partial charge on any atom is 0.235 e. The summed E-state index contributed by atoms with van der Waals surface area (Å²) in [6, 6.07) is 18.8. The van der Waals surface area contributed by atoms with Crippen LogP contribution in [-0.2, 0) is 13.2 Å². The Morgan fingerprint density at radius 1 is 1.09 bits per heavy atom. The van der Waals surface area contributed by atoms with E-state index in [0.29, 0.717) is 33.8 Å². The van der Waals surface area contributed by atoms with E-state index in [1.807, 2.05) is 37.3 Å². The molecule has 0 saturated heterocycles. The Bertz CT molecular complexity index is 1530. The smallest absolute Gasteiger partial charge is 0.235 e. The molecule has 0 radical (unpaired) electrons. The summed E-state index contributed by atoms with van der Waals surface area (Å²) in [6.45, 7) is 2.38. The summed E-state index contributed by atoms with van der Waals surface area (Å²) in [5.41, 5.74) is 2.90. The van der Waals surface area contributed by atoms with Gasteiger partial charge in [-0.05, 0) is 54.4 Å². The molecule has 0 saturated carbocycles. The van der Waals surface area contributed by atoms with Crippen LogP contribution in [0, 0.1) is 12.7 Å². The van der Waals surface area contributed by atoms with E-state index in [0.717, 1.165) is 11.1 Å². The molecule has 5 aromatic rings. The fraction of sp³-hybridized carbons (Fsp3) is 0.115. The maximum atomic E-state index is 13.5. The van der Waals surface area contributed by atoms with E-state index in [1.54, 1.807) is 23.0 Å². The van der Waals surface area contributed by atoms with Gasteiger partial charge >= 0.3 is 0 Å². The van der Waals surface area contributed by atoms with Gasteiger partial charge in [0.15, 0.2) is 5.76 Å². The fourth-order valence-electron chi connectivity index (χ4n) is 3.62. The topological polar surface area (TPSA) is 70.2 Å². The van der Waals surface area contributed by atoms with Crippen LogP contribution in [0.5, 0.6) is 5.75 Å². The molecule has 0 bridgehead atoms. The van der Waals surface area contributed by atoms with Crippen LogP contribution in [0.25, 0.3) is 22.3 Å². The first-order valence-corrected chi connectivity index (χ1v) is 10.9. The minimum atomic E-state index is -0.396. The van der Waals surface area contributed by atoms with E-state index < -0.39 is 5.82 Å². The summed E-state index contributed by atoms with van der Waals surface area (Å²) >= 11 is 6.24. The molecule has 8 heteroatoms. The van der Waals surface area contributed by atoms with Crippen LogP contribution in [0.2, 0.25) is 5.02 Å². The van der Waals surface area contributed by atoms with Gasteiger partial charge in [-0.3, -0.25) is 4.79 Å². The highest BCUT2D eigenvalue weighted by Gasteiger charge is 2.19. The first-order valence-electron chi connectivity index (χ1n) is 10.6. The van der Waals surface area contributed by atoms with Crippen LogP contribution in [0.15, 0.2) is 82.1 Å². The molecule has 0 fully saturated rings. The second kappa shape index (κ2) is 9.11. The van der Waals surface area contributed by atoms with Gasteiger partial charge in [0.2, 0.25) is 11.2 Å². The average Bonchev–Trinajstić information content (AvgIpc) is 3.28. The first kappa shape index (κ1) is 21.9. The minimum Gasteiger partial charge on any atom is -0.480 e. The van der Waals surface area contributed by atoms with Crippen molar-refractivity contribution >= 4 is 22.6 Å². The van der Waals surface area contributed by atoms with Gasteiger partial charge in [-0.2, -0.15) is 0 Å². The molecule has 0 atom stereocenters. The number of hydrogen-bond donors (Lipinski definition) is 0. The monoisotopic (exact) mass is 475 g/mol. The number of hydrogen-bond acceptors (Lipinski definition) is 5. The number of halogens is 2. The highest BCUT2D eigenvalue weighted by atomic mass is 35.5. The Morgan fingerprint density at radius 2 is 1.85 bits per heavy atom. The van der Waals surface area contributed by atoms with Gasteiger partial charge in [0, 0.05) is 10.6 Å². The van der Waals surface area contributed by atoms with E-state index in [9.17, 15) is 9.18 Å². The molecule has 170 valence electrons. The summed E-state index contributed by atoms with van der Waals surface area (Å²) in [5, 5.41) is 9.02. The quantitative estimate of drug-likeness (QED) is 0.311. The summed E-state index contributed by atoms with van der Waals surface area (Å²) in [5.74, 6) is -0.195. The van der Waals surface area contributed by atoms with Gasteiger partial charge in [0.05, 0.1) is 18.1 Å². The van der Waals surface area contributed by atoms with Crippen LogP contribution in [0.1, 0.15) is 16.8 Å². The second-order valence-corrected chi connectivity index (χ2v) is 8.28. The Balaban J connectivity index is 1.50. The zero-order valence-electron chi connectivity index (χ0n) is 18.2. The number of ether oxygens (including phenoxy) is 1. The van der Waals surface area contributed by atoms with Crippen LogP contribution in [-0.4, -0.2) is 15.0 Å². The lowest BCUT2D eigenvalue weighted by molar-refractivity contribution is 0.293. The zero-order chi connectivity index (χ0) is 23.7. The molecule has 2 aromatic heterocycles. The molecule has 34 heavy (non-hydrogen) atoms. The van der Waals surface area contributed by atoms with E-state index in [2.05, 4.69) is 10.3 Å². The second-order valence-electron chi connectivity index (χ2n) is 7.88. The van der Waals surface area contributed by atoms with Gasteiger partial charge in [-0.15, -0.1) is 5.10 Å². The highest BCUT2D eigenvalue weighted by Crippen LogP contribution is 2.33. The molecule has 0 aliphatic heterocycles. The van der Waals surface area contributed by atoms with Crippen molar-refractivity contribution in [1.82, 2.24) is 15.0 Å². The molecule has 0 spiro atoms. The first-order chi connectivity index (χ1) is 16.5. The van der Waals surface area contributed by atoms with E-state index in [4.69, 9.17) is 20.8 Å². The van der Waals surface area contributed by atoms with E-state index >= 15 is 0 Å². The van der Waals surface area contributed by atoms with Gasteiger partial charge in [0.25, 0.3) is 0 Å². The van der Waals surface area contributed by atoms with Crippen LogP contribution in [0.3, 0.4) is 0 Å². The predicted octanol–water partition coefficient (Wildman–Crippen LogP) is 5.78. The van der Waals surface area contributed by atoms with Crippen molar-refractivity contribution in [3.63, 3.8) is 0 Å². The molecular formula is C26H19ClFN3O3. The van der Waals surface area contributed by atoms with Crippen LogP contribution < -0.4 is 10.2 Å². The number of aryl methyl sites for hydroxylation is 1. The fourth-order valence-corrected chi connectivity index (χ4v) is 3.78. The highest BCUT2D eigenvalue weighted by molar-refractivity contribution is 6.32. The number of fused-ring (bicyclic) bond motifs is 1. The molecule has 0 unspecified atom stereocenters. The van der Waals surface area contributed by atoms with Crippen LogP contribution in [0.4, 0.5) is 4.39 Å². The normalized spacial score (nSPS) is 11.1. The van der Waals surface area contributed by atoms with Gasteiger partial charge in [0.1, 0.15) is 23.7 Å². The molecule has 0 aliphatic rings. The maximum absolute atomic E-state index is 13.5. The van der Waals surface area contributed by atoms with Crippen LogP contribution >= 0.6 is 11.6 Å². The summed E-state index contributed by atoms with van der Waals surface area (Å²) < 4.78 is 27.2. The number of nitrogens with zero attached hydrogens (tertiary/aromatic N) is 3. The summed E-state index contributed by atoms with van der Waals surface area (Å²) in [4.78, 5) is 13.4. The molecule has 2 heterocycles. The standard InChI is InChI=1S/C26H19ClFN3O3/c1-16-11-23-21(12-22(16)27)24(32)26(25(34-23)18-7-9-19(28)10-8-18)33-15-20-14-31(30-29-20)13-17-5-3-2-4-6-17/h2-12,14H,13,15H2,1H3. The summed E-state index contributed by atoms with van der Waals surface area (Å²) in [7, 11) is 0. The van der Waals surface area contributed by atoms with Gasteiger partial charge in [-0.1, -0.05) is 47.1 Å². The van der Waals surface area contributed by atoms with Crippen molar-refractivity contribution < 1.29 is 13.5 Å². The third kappa shape index (κ3) is 4.43. The van der Waals surface area contributed by atoms with Crippen molar-refractivity contribution in [3.05, 3.63) is 111 Å². The largest absolute Gasteiger partial charge is 0.480 e. The summed E-state index contributed by atoms with van der Waals surface area (Å²) in [6.07, 6.45) is 1.76. The Labute approximate surface area is 199 Å². The predicted molar refractivity (Wildman–Crippen MR) is 128 cm³/mol. The Hall–Kier alpha value is -3.97. The van der Waals surface area contributed by atoms with E-state index in [1.165, 1.54) is 24.3 Å². The van der Waals surface area contributed by atoms with Crippen molar-refractivity contribution in [1.29, 1.82) is 0 Å². The van der Waals surface area contributed by atoms with Gasteiger partial charge < -0.3 is 9.15 Å². The van der Waals surface area contributed by atoms with Crippen molar-refractivity contribution in [2.45, 2.75) is 20.1 Å². The van der Waals surface area contributed by atoms with Crippen molar-refractivity contribution in [2.24, 2.45) is 0 Å².